The average Bonchev–Trinajstić information content (AvgIpc) is 2.35. The molecule has 16 heavy (non-hydrogen) atoms. The summed E-state index contributed by atoms with van der Waals surface area (Å²) in [5.74, 6) is 0.0398. The van der Waals surface area contributed by atoms with Crippen LogP contribution in [0.25, 0.3) is 6.08 Å². The van der Waals surface area contributed by atoms with E-state index in [-0.39, 0.29) is 5.91 Å². The highest BCUT2D eigenvalue weighted by atomic mass is 16.2. The van der Waals surface area contributed by atoms with Gasteiger partial charge in [-0.2, -0.15) is 0 Å². The van der Waals surface area contributed by atoms with Crippen LogP contribution in [0, 0.1) is 0 Å². The monoisotopic (exact) mass is 215 g/mol. The number of hydrogen-bond donors (Lipinski definition) is 0. The van der Waals surface area contributed by atoms with Gasteiger partial charge in [0.1, 0.15) is 0 Å². The number of rotatable bonds is 5. The normalized spacial score (nSPS) is 9.56. The van der Waals surface area contributed by atoms with E-state index in [4.69, 9.17) is 0 Å². The Morgan fingerprint density at radius 2 is 1.94 bits per heavy atom. The molecule has 1 rings (SSSR count). The minimum atomic E-state index is 0.0398. The molecule has 0 heterocycles. The molecule has 2 nitrogen and oxygen atoms in total. The molecule has 0 fully saturated rings. The summed E-state index contributed by atoms with van der Waals surface area (Å²) in [7, 11) is 0. The van der Waals surface area contributed by atoms with Crippen LogP contribution in [0.3, 0.4) is 0 Å². The van der Waals surface area contributed by atoms with Gasteiger partial charge in [-0.05, 0) is 24.6 Å². The first kappa shape index (κ1) is 12.2. The molecule has 0 radical (unpaired) electrons. The Kier molecular flexibility index (Phi) is 4.52. The van der Waals surface area contributed by atoms with Gasteiger partial charge in [-0.25, -0.2) is 0 Å². The zero-order valence-electron chi connectivity index (χ0n) is 9.65. The SMILES string of the molecule is C=CCN(CC)C(=O)c1ccc(C=C)cc1. The van der Waals surface area contributed by atoms with Gasteiger partial charge in [0.05, 0.1) is 0 Å². The Morgan fingerprint density at radius 1 is 1.31 bits per heavy atom. The summed E-state index contributed by atoms with van der Waals surface area (Å²) < 4.78 is 0. The summed E-state index contributed by atoms with van der Waals surface area (Å²) in [6.45, 7) is 10.6. The predicted octanol–water partition coefficient (Wildman–Crippen LogP) is 2.98. The maximum absolute atomic E-state index is 12.0. The van der Waals surface area contributed by atoms with Crippen molar-refractivity contribution in [3.05, 3.63) is 54.6 Å². The minimum Gasteiger partial charge on any atom is -0.335 e. The van der Waals surface area contributed by atoms with Crippen molar-refractivity contribution in [3.8, 4) is 0 Å². The summed E-state index contributed by atoms with van der Waals surface area (Å²) in [5, 5.41) is 0. The molecule has 1 aromatic carbocycles. The molecule has 0 bridgehead atoms. The smallest absolute Gasteiger partial charge is 0.254 e. The lowest BCUT2D eigenvalue weighted by Gasteiger charge is -2.18. The summed E-state index contributed by atoms with van der Waals surface area (Å²) in [6, 6.07) is 7.43. The maximum atomic E-state index is 12.0. The van der Waals surface area contributed by atoms with Crippen LogP contribution in [-0.2, 0) is 0 Å². The van der Waals surface area contributed by atoms with Crippen LogP contribution in [0.5, 0.6) is 0 Å². The van der Waals surface area contributed by atoms with Gasteiger partial charge in [0, 0.05) is 18.7 Å². The lowest BCUT2D eigenvalue weighted by Crippen LogP contribution is -2.30. The van der Waals surface area contributed by atoms with E-state index < -0.39 is 0 Å². The summed E-state index contributed by atoms with van der Waals surface area (Å²) in [5.41, 5.74) is 1.72. The number of benzene rings is 1. The van der Waals surface area contributed by atoms with Crippen LogP contribution in [-0.4, -0.2) is 23.9 Å². The van der Waals surface area contributed by atoms with E-state index in [2.05, 4.69) is 13.2 Å². The maximum Gasteiger partial charge on any atom is 0.254 e. The number of amides is 1. The Labute approximate surface area is 96.9 Å². The topological polar surface area (TPSA) is 20.3 Å². The van der Waals surface area contributed by atoms with Gasteiger partial charge in [-0.1, -0.05) is 30.9 Å². The number of likely N-dealkylation sites (N-methyl/N-ethyl adjacent to an activating group) is 1. The van der Waals surface area contributed by atoms with Crippen LogP contribution in [0.2, 0.25) is 0 Å². The summed E-state index contributed by atoms with van der Waals surface area (Å²) >= 11 is 0. The molecule has 2 heteroatoms. The molecule has 0 atom stereocenters. The predicted molar refractivity (Wildman–Crippen MR) is 68.3 cm³/mol. The van der Waals surface area contributed by atoms with Crippen molar-refractivity contribution in [3.63, 3.8) is 0 Å². The number of nitrogens with zero attached hydrogens (tertiary/aromatic N) is 1. The van der Waals surface area contributed by atoms with Crippen LogP contribution in [0.1, 0.15) is 22.8 Å². The molecular formula is C14H17NO. The van der Waals surface area contributed by atoms with Crippen molar-refractivity contribution in [2.75, 3.05) is 13.1 Å². The Morgan fingerprint density at radius 3 is 2.38 bits per heavy atom. The quantitative estimate of drug-likeness (QED) is 0.691. The highest BCUT2D eigenvalue weighted by Gasteiger charge is 2.11. The molecule has 1 aromatic rings. The average molecular weight is 215 g/mol. The lowest BCUT2D eigenvalue weighted by molar-refractivity contribution is 0.0782. The zero-order valence-corrected chi connectivity index (χ0v) is 9.65. The van der Waals surface area contributed by atoms with E-state index in [0.29, 0.717) is 18.7 Å². The fourth-order valence-corrected chi connectivity index (χ4v) is 1.46. The third-order valence-electron chi connectivity index (χ3n) is 2.41. The van der Waals surface area contributed by atoms with Gasteiger partial charge >= 0.3 is 0 Å². The fraction of sp³-hybridized carbons (Fsp3) is 0.214. The summed E-state index contributed by atoms with van der Waals surface area (Å²) in [4.78, 5) is 13.8. The van der Waals surface area contributed by atoms with Crippen molar-refractivity contribution in [2.24, 2.45) is 0 Å². The number of hydrogen-bond acceptors (Lipinski definition) is 1. The second-order valence-corrected chi connectivity index (χ2v) is 3.46. The zero-order chi connectivity index (χ0) is 12.0. The second kappa shape index (κ2) is 5.91. The van der Waals surface area contributed by atoms with Crippen molar-refractivity contribution in [2.45, 2.75) is 6.92 Å². The number of carbonyl (C=O) groups is 1. The molecule has 0 saturated heterocycles. The first-order chi connectivity index (χ1) is 7.72. The molecular weight excluding hydrogens is 198 g/mol. The van der Waals surface area contributed by atoms with Gasteiger partial charge in [0.2, 0.25) is 0 Å². The molecule has 0 aliphatic heterocycles. The van der Waals surface area contributed by atoms with E-state index in [0.717, 1.165) is 5.56 Å². The first-order valence-electron chi connectivity index (χ1n) is 5.35. The first-order valence-corrected chi connectivity index (χ1v) is 5.35. The van der Waals surface area contributed by atoms with Gasteiger partial charge in [0.25, 0.3) is 5.91 Å². The van der Waals surface area contributed by atoms with E-state index in [1.165, 1.54) is 0 Å². The second-order valence-electron chi connectivity index (χ2n) is 3.46. The molecule has 0 aliphatic rings. The Bertz CT molecular complexity index is 378. The molecule has 0 spiro atoms. The van der Waals surface area contributed by atoms with E-state index >= 15 is 0 Å². The third-order valence-corrected chi connectivity index (χ3v) is 2.41. The molecule has 0 unspecified atom stereocenters. The lowest BCUT2D eigenvalue weighted by atomic mass is 10.1. The van der Waals surface area contributed by atoms with Crippen molar-refractivity contribution >= 4 is 12.0 Å². The van der Waals surface area contributed by atoms with Gasteiger partial charge < -0.3 is 4.90 Å². The van der Waals surface area contributed by atoms with Crippen molar-refractivity contribution in [1.29, 1.82) is 0 Å². The Hall–Kier alpha value is -1.83. The van der Waals surface area contributed by atoms with Crippen molar-refractivity contribution < 1.29 is 4.79 Å². The number of carbonyl (C=O) groups excluding carboxylic acids is 1. The standard InChI is InChI=1S/C14H17NO/c1-4-11-15(6-3)14(16)13-9-7-12(5-2)8-10-13/h4-5,7-10H,1-2,6,11H2,3H3. The highest BCUT2D eigenvalue weighted by Crippen LogP contribution is 2.08. The van der Waals surface area contributed by atoms with Crippen LogP contribution in [0.15, 0.2) is 43.5 Å². The van der Waals surface area contributed by atoms with E-state index in [1.54, 1.807) is 17.1 Å². The molecule has 84 valence electrons. The molecule has 1 amide bonds. The highest BCUT2D eigenvalue weighted by molar-refractivity contribution is 5.94. The van der Waals surface area contributed by atoms with E-state index in [1.807, 2.05) is 31.2 Å². The van der Waals surface area contributed by atoms with Gasteiger partial charge in [-0.15, -0.1) is 6.58 Å². The van der Waals surface area contributed by atoms with Crippen molar-refractivity contribution in [1.82, 2.24) is 4.90 Å². The molecule has 0 aliphatic carbocycles. The van der Waals surface area contributed by atoms with Crippen LogP contribution in [0.4, 0.5) is 0 Å². The molecule has 0 aromatic heterocycles. The fourth-order valence-electron chi connectivity index (χ4n) is 1.46. The van der Waals surface area contributed by atoms with Gasteiger partial charge in [0.15, 0.2) is 0 Å². The molecule has 0 N–H and O–H groups in total. The van der Waals surface area contributed by atoms with Gasteiger partial charge in [-0.3, -0.25) is 4.79 Å². The Balaban J connectivity index is 2.85. The molecule has 0 saturated carbocycles. The largest absolute Gasteiger partial charge is 0.335 e. The minimum absolute atomic E-state index is 0.0398. The van der Waals surface area contributed by atoms with E-state index in [9.17, 15) is 4.79 Å². The third kappa shape index (κ3) is 2.83. The van der Waals surface area contributed by atoms with Crippen LogP contribution >= 0.6 is 0 Å². The van der Waals surface area contributed by atoms with Crippen LogP contribution < -0.4 is 0 Å². The summed E-state index contributed by atoms with van der Waals surface area (Å²) in [6.07, 6.45) is 3.50.